The largest absolute Gasteiger partial charge is 0.493 e. The molecule has 1 fully saturated rings. The highest BCUT2D eigenvalue weighted by Crippen LogP contribution is 2.27. The van der Waals surface area contributed by atoms with Crippen LogP contribution >= 0.6 is 0 Å². The van der Waals surface area contributed by atoms with E-state index in [4.69, 9.17) is 9.26 Å². The maximum atomic E-state index is 13.9. The molecule has 0 bridgehead atoms. The summed E-state index contributed by atoms with van der Waals surface area (Å²) in [5.41, 5.74) is 1.23. The molecule has 1 aliphatic rings. The molecule has 4 rings (SSSR count). The molecule has 2 aromatic carbocycles. The Kier molecular flexibility index (Phi) is 5.55. The maximum absolute atomic E-state index is 13.9. The van der Waals surface area contributed by atoms with E-state index < -0.39 is 5.82 Å². The first-order valence-electron chi connectivity index (χ1n) is 9.66. The van der Waals surface area contributed by atoms with Gasteiger partial charge in [-0.1, -0.05) is 29.4 Å². The van der Waals surface area contributed by atoms with Crippen LogP contribution in [0.25, 0.3) is 0 Å². The molecule has 150 valence electrons. The van der Waals surface area contributed by atoms with Crippen molar-refractivity contribution >= 4 is 5.91 Å². The Labute approximate surface area is 168 Å². The lowest BCUT2D eigenvalue weighted by atomic mass is 10.1. The summed E-state index contributed by atoms with van der Waals surface area (Å²) < 4.78 is 25.0. The average Bonchev–Trinajstić information content (AvgIpc) is 3.37. The van der Waals surface area contributed by atoms with Crippen LogP contribution in [0.2, 0.25) is 0 Å². The van der Waals surface area contributed by atoms with Crippen molar-refractivity contribution in [2.24, 2.45) is 0 Å². The number of rotatable bonds is 6. The van der Waals surface area contributed by atoms with Crippen LogP contribution in [0, 0.1) is 12.7 Å². The van der Waals surface area contributed by atoms with Crippen molar-refractivity contribution in [3.63, 3.8) is 0 Å². The zero-order valence-corrected chi connectivity index (χ0v) is 16.2. The summed E-state index contributed by atoms with van der Waals surface area (Å²) in [6, 6.07) is 13.9. The molecule has 0 saturated carbocycles. The van der Waals surface area contributed by atoms with Crippen LogP contribution < -0.4 is 4.74 Å². The number of carbonyl (C=O) groups excluding carboxylic acids is 1. The smallest absolute Gasteiger partial charge is 0.256 e. The summed E-state index contributed by atoms with van der Waals surface area (Å²) in [7, 11) is 0. The van der Waals surface area contributed by atoms with E-state index in [1.54, 1.807) is 17.0 Å². The second kappa shape index (κ2) is 8.43. The van der Waals surface area contributed by atoms with Gasteiger partial charge in [0, 0.05) is 19.5 Å². The highest BCUT2D eigenvalue weighted by Gasteiger charge is 2.32. The Morgan fingerprint density at radius 3 is 2.97 bits per heavy atom. The molecule has 0 aliphatic carbocycles. The molecule has 1 saturated heterocycles. The predicted octanol–water partition coefficient (Wildman–Crippen LogP) is 3.77. The van der Waals surface area contributed by atoms with Gasteiger partial charge in [-0.3, -0.25) is 4.79 Å². The number of benzene rings is 2. The van der Waals surface area contributed by atoms with Gasteiger partial charge in [0.15, 0.2) is 5.82 Å². The molecule has 29 heavy (non-hydrogen) atoms. The van der Waals surface area contributed by atoms with Crippen LogP contribution in [0.4, 0.5) is 4.39 Å². The Morgan fingerprint density at radius 2 is 2.14 bits per heavy atom. The second-order valence-corrected chi connectivity index (χ2v) is 7.18. The molecule has 1 atom stereocenters. The molecule has 1 aliphatic heterocycles. The van der Waals surface area contributed by atoms with E-state index in [1.165, 1.54) is 12.1 Å². The molecule has 3 aromatic rings. The number of amides is 1. The first kappa shape index (κ1) is 19.1. The third-order valence-corrected chi connectivity index (χ3v) is 5.00. The minimum atomic E-state index is -0.505. The van der Waals surface area contributed by atoms with Crippen molar-refractivity contribution in [3.8, 4) is 5.75 Å². The maximum Gasteiger partial charge on any atom is 0.256 e. The SMILES string of the molecule is Cc1cccc(OCCc2noc(C3CCN(C(=O)c4ccccc4F)C3)n2)c1. The molecule has 1 aromatic heterocycles. The van der Waals surface area contributed by atoms with Crippen LogP contribution in [-0.4, -0.2) is 40.6 Å². The zero-order valence-electron chi connectivity index (χ0n) is 16.2. The zero-order chi connectivity index (χ0) is 20.2. The number of aromatic nitrogens is 2. The van der Waals surface area contributed by atoms with E-state index in [2.05, 4.69) is 10.1 Å². The molecule has 1 unspecified atom stereocenters. The van der Waals surface area contributed by atoms with Crippen molar-refractivity contribution in [1.82, 2.24) is 15.0 Å². The first-order valence-corrected chi connectivity index (χ1v) is 9.66. The number of halogens is 1. The van der Waals surface area contributed by atoms with Crippen LogP contribution in [0.1, 0.15) is 40.0 Å². The first-order chi connectivity index (χ1) is 14.1. The molecule has 0 spiro atoms. The highest BCUT2D eigenvalue weighted by atomic mass is 19.1. The Hall–Kier alpha value is -3.22. The average molecular weight is 395 g/mol. The lowest BCUT2D eigenvalue weighted by molar-refractivity contribution is 0.0785. The van der Waals surface area contributed by atoms with E-state index in [1.807, 2.05) is 31.2 Å². The minimum Gasteiger partial charge on any atom is -0.493 e. The quantitative estimate of drug-likeness (QED) is 0.636. The Balaban J connectivity index is 1.32. The molecular formula is C22H22FN3O3. The summed E-state index contributed by atoms with van der Waals surface area (Å²) in [6.45, 7) is 3.44. The van der Waals surface area contributed by atoms with Crippen LogP contribution in [0.3, 0.4) is 0 Å². The monoisotopic (exact) mass is 395 g/mol. The van der Waals surface area contributed by atoms with Gasteiger partial charge >= 0.3 is 0 Å². The summed E-state index contributed by atoms with van der Waals surface area (Å²) in [4.78, 5) is 18.6. The molecule has 7 heteroatoms. The van der Waals surface area contributed by atoms with Gasteiger partial charge in [-0.15, -0.1) is 0 Å². The molecular weight excluding hydrogens is 373 g/mol. The van der Waals surface area contributed by atoms with E-state index in [0.717, 1.165) is 11.3 Å². The van der Waals surface area contributed by atoms with Gasteiger partial charge in [0.05, 0.1) is 18.1 Å². The lowest BCUT2D eigenvalue weighted by Crippen LogP contribution is -2.29. The van der Waals surface area contributed by atoms with E-state index >= 15 is 0 Å². The van der Waals surface area contributed by atoms with Gasteiger partial charge in [0.25, 0.3) is 5.91 Å². The number of nitrogens with zero attached hydrogens (tertiary/aromatic N) is 3. The number of aryl methyl sites for hydroxylation is 1. The topological polar surface area (TPSA) is 68.5 Å². The number of hydrogen-bond acceptors (Lipinski definition) is 5. The summed E-state index contributed by atoms with van der Waals surface area (Å²) in [5.74, 6) is 1.05. The normalized spacial score (nSPS) is 16.2. The van der Waals surface area contributed by atoms with Gasteiger partial charge < -0.3 is 14.2 Å². The third kappa shape index (κ3) is 4.45. The summed E-state index contributed by atoms with van der Waals surface area (Å²) >= 11 is 0. The van der Waals surface area contributed by atoms with Gasteiger partial charge in [-0.25, -0.2) is 4.39 Å². The van der Waals surface area contributed by atoms with E-state index in [9.17, 15) is 9.18 Å². The molecule has 0 radical (unpaired) electrons. The van der Waals surface area contributed by atoms with E-state index in [0.29, 0.717) is 44.3 Å². The van der Waals surface area contributed by atoms with Gasteiger partial charge in [-0.2, -0.15) is 4.98 Å². The molecule has 2 heterocycles. The van der Waals surface area contributed by atoms with Crippen molar-refractivity contribution in [3.05, 3.63) is 77.2 Å². The standard InChI is InChI=1S/C22H22FN3O3/c1-15-5-4-6-17(13-15)28-12-10-20-24-21(29-25-20)16-9-11-26(14-16)22(27)18-7-2-3-8-19(18)23/h2-8,13,16H,9-12,14H2,1H3. The van der Waals surface area contributed by atoms with Gasteiger partial charge in [-0.05, 0) is 43.2 Å². The van der Waals surface area contributed by atoms with Gasteiger partial charge in [0.2, 0.25) is 5.89 Å². The summed E-state index contributed by atoms with van der Waals surface area (Å²) in [6.07, 6.45) is 1.24. The lowest BCUT2D eigenvalue weighted by Gasteiger charge is -2.16. The second-order valence-electron chi connectivity index (χ2n) is 7.18. The van der Waals surface area contributed by atoms with Crippen molar-refractivity contribution in [2.75, 3.05) is 19.7 Å². The summed E-state index contributed by atoms with van der Waals surface area (Å²) in [5, 5.41) is 4.02. The third-order valence-electron chi connectivity index (χ3n) is 5.00. The van der Waals surface area contributed by atoms with Crippen molar-refractivity contribution < 1.29 is 18.4 Å². The highest BCUT2D eigenvalue weighted by molar-refractivity contribution is 5.94. The molecule has 0 N–H and O–H groups in total. The Morgan fingerprint density at radius 1 is 1.28 bits per heavy atom. The fraction of sp³-hybridized carbons (Fsp3) is 0.318. The Bertz CT molecular complexity index is 1000. The number of carbonyl (C=O) groups is 1. The van der Waals surface area contributed by atoms with Gasteiger partial charge in [0.1, 0.15) is 11.6 Å². The van der Waals surface area contributed by atoms with Crippen LogP contribution in [0.15, 0.2) is 53.1 Å². The predicted molar refractivity (Wildman–Crippen MR) is 104 cm³/mol. The molecule has 1 amide bonds. The van der Waals surface area contributed by atoms with Crippen LogP contribution in [-0.2, 0) is 6.42 Å². The fourth-order valence-corrected chi connectivity index (χ4v) is 3.45. The number of ether oxygens (including phenoxy) is 1. The van der Waals surface area contributed by atoms with Crippen molar-refractivity contribution in [1.29, 1.82) is 0 Å². The minimum absolute atomic E-state index is 0.0373. The number of hydrogen-bond donors (Lipinski definition) is 0. The van der Waals surface area contributed by atoms with Crippen molar-refractivity contribution in [2.45, 2.75) is 25.7 Å². The number of likely N-dealkylation sites (tertiary alicyclic amines) is 1. The van der Waals surface area contributed by atoms with E-state index in [-0.39, 0.29) is 17.4 Å². The molecule has 6 nitrogen and oxygen atoms in total. The fourth-order valence-electron chi connectivity index (χ4n) is 3.45. The van der Waals surface area contributed by atoms with Crippen LogP contribution in [0.5, 0.6) is 5.75 Å².